The summed E-state index contributed by atoms with van der Waals surface area (Å²) in [4.78, 5) is 11.0. The lowest BCUT2D eigenvalue weighted by Crippen LogP contribution is -2.34. The van der Waals surface area contributed by atoms with Crippen LogP contribution < -0.4 is 5.73 Å². The van der Waals surface area contributed by atoms with E-state index in [2.05, 4.69) is 12.6 Å². The van der Waals surface area contributed by atoms with Gasteiger partial charge in [0.25, 0.3) is 0 Å². The molecule has 0 saturated heterocycles. The van der Waals surface area contributed by atoms with Crippen LogP contribution in [0.15, 0.2) is 0 Å². The van der Waals surface area contributed by atoms with Crippen molar-refractivity contribution in [3.05, 3.63) is 0 Å². The number of hydrogen-bond acceptors (Lipinski definition) is 5. The Morgan fingerprint density at radius 1 is 1.46 bits per heavy atom. The summed E-state index contributed by atoms with van der Waals surface area (Å²) in [6, 6.07) is -0.637. The van der Waals surface area contributed by atoms with E-state index in [1.165, 1.54) is 0 Å². The van der Waals surface area contributed by atoms with Crippen LogP contribution in [0, 0.1) is 0 Å². The van der Waals surface area contributed by atoms with Crippen LogP contribution in [-0.2, 0) is 14.3 Å². The summed E-state index contributed by atoms with van der Waals surface area (Å²) >= 11 is 3.88. The standard InChI is InChI=1S/C8H17NO3S/c1-6(2)11-3-4-12-8(10)7(9)5-13/h6-7,13H,3-5,9H2,1-2H3/t7-/m0/s1. The van der Waals surface area contributed by atoms with Crippen molar-refractivity contribution in [2.75, 3.05) is 19.0 Å². The molecule has 2 N–H and O–H groups in total. The lowest BCUT2D eigenvalue weighted by atomic mass is 10.4. The molecule has 0 spiro atoms. The number of carbonyl (C=O) groups is 1. The zero-order valence-corrected chi connectivity index (χ0v) is 8.92. The average molecular weight is 207 g/mol. The molecule has 0 saturated carbocycles. The van der Waals surface area contributed by atoms with Gasteiger partial charge in [0, 0.05) is 5.75 Å². The van der Waals surface area contributed by atoms with Crippen molar-refractivity contribution in [3.8, 4) is 0 Å². The molecule has 0 aromatic heterocycles. The number of nitrogens with two attached hydrogens (primary N) is 1. The van der Waals surface area contributed by atoms with Crippen LogP contribution in [0.3, 0.4) is 0 Å². The van der Waals surface area contributed by atoms with Gasteiger partial charge >= 0.3 is 5.97 Å². The molecule has 0 amide bonds. The maximum absolute atomic E-state index is 11.0. The zero-order valence-electron chi connectivity index (χ0n) is 8.03. The van der Waals surface area contributed by atoms with Gasteiger partial charge in [0.2, 0.25) is 0 Å². The van der Waals surface area contributed by atoms with Crippen molar-refractivity contribution >= 4 is 18.6 Å². The molecule has 0 aliphatic carbocycles. The second-order valence-corrected chi connectivity index (χ2v) is 3.24. The highest BCUT2D eigenvalue weighted by atomic mass is 32.1. The highest BCUT2D eigenvalue weighted by molar-refractivity contribution is 7.80. The lowest BCUT2D eigenvalue weighted by Gasteiger charge is -2.10. The second kappa shape index (κ2) is 7.17. The Hall–Kier alpha value is -0.260. The third-order valence-corrected chi connectivity index (χ3v) is 1.67. The molecule has 13 heavy (non-hydrogen) atoms. The molecule has 0 aromatic rings. The fourth-order valence-electron chi connectivity index (χ4n) is 0.608. The van der Waals surface area contributed by atoms with E-state index in [0.717, 1.165) is 0 Å². The molecule has 5 heteroatoms. The summed E-state index contributed by atoms with van der Waals surface area (Å²) in [6.45, 7) is 4.49. The molecular formula is C8H17NO3S. The Bertz CT molecular complexity index is 152. The molecule has 0 heterocycles. The molecule has 0 radical (unpaired) electrons. The second-order valence-electron chi connectivity index (χ2n) is 2.88. The first-order valence-corrected chi connectivity index (χ1v) is 4.85. The topological polar surface area (TPSA) is 61.5 Å². The van der Waals surface area contributed by atoms with Crippen LogP contribution in [-0.4, -0.2) is 37.1 Å². The first kappa shape index (κ1) is 12.7. The normalized spacial score (nSPS) is 13.0. The van der Waals surface area contributed by atoms with Gasteiger partial charge in [-0.15, -0.1) is 0 Å². The first-order chi connectivity index (χ1) is 6.07. The minimum absolute atomic E-state index is 0.150. The van der Waals surface area contributed by atoms with E-state index < -0.39 is 12.0 Å². The molecule has 0 aliphatic heterocycles. The fraction of sp³-hybridized carbons (Fsp3) is 0.875. The van der Waals surface area contributed by atoms with Crippen LogP contribution >= 0.6 is 12.6 Å². The molecule has 1 atom stereocenters. The van der Waals surface area contributed by atoms with Gasteiger partial charge in [-0.05, 0) is 13.8 Å². The minimum atomic E-state index is -0.637. The molecule has 78 valence electrons. The maximum atomic E-state index is 11.0. The van der Waals surface area contributed by atoms with E-state index in [9.17, 15) is 4.79 Å². The average Bonchev–Trinajstić information content (AvgIpc) is 2.10. The number of ether oxygens (including phenoxy) is 2. The van der Waals surface area contributed by atoms with E-state index >= 15 is 0 Å². The van der Waals surface area contributed by atoms with Crippen molar-refractivity contribution < 1.29 is 14.3 Å². The van der Waals surface area contributed by atoms with Crippen LogP contribution in [0.1, 0.15) is 13.8 Å². The highest BCUT2D eigenvalue weighted by Crippen LogP contribution is 1.91. The third kappa shape index (κ3) is 6.86. The van der Waals surface area contributed by atoms with E-state index in [4.69, 9.17) is 15.2 Å². The predicted octanol–water partition coefficient (Wildman–Crippen LogP) is 0.212. The molecule has 0 unspecified atom stereocenters. The Balaban J connectivity index is 3.37. The summed E-state index contributed by atoms with van der Waals surface area (Å²) < 4.78 is 9.98. The Kier molecular flexibility index (Phi) is 7.03. The number of esters is 1. The summed E-state index contributed by atoms with van der Waals surface area (Å²) in [5.74, 6) is -0.133. The Morgan fingerprint density at radius 3 is 2.54 bits per heavy atom. The smallest absolute Gasteiger partial charge is 0.323 e. The maximum Gasteiger partial charge on any atom is 0.323 e. The Labute approximate surface area is 84.2 Å². The third-order valence-electron chi connectivity index (χ3n) is 1.28. The van der Waals surface area contributed by atoms with E-state index in [0.29, 0.717) is 12.4 Å². The summed E-state index contributed by atoms with van der Waals surface area (Å²) in [5.41, 5.74) is 5.37. The van der Waals surface area contributed by atoms with Crippen LogP contribution in [0.2, 0.25) is 0 Å². The van der Waals surface area contributed by atoms with Crippen molar-refractivity contribution in [1.82, 2.24) is 0 Å². The van der Waals surface area contributed by atoms with Gasteiger partial charge < -0.3 is 15.2 Å². The van der Waals surface area contributed by atoms with Gasteiger partial charge in [0.15, 0.2) is 0 Å². The minimum Gasteiger partial charge on any atom is -0.462 e. The van der Waals surface area contributed by atoms with E-state index in [1.54, 1.807) is 0 Å². The van der Waals surface area contributed by atoms with Crippen molar-refractivity contribution in [2.24, 2.45) is 5.73 Å². The van der Waals surface area contributed by atoms with Crippen LogP contribution in [0.25, 0.3) is 0 Å². The van der Waals surface area contributed by atoms with Gasteiger partial charge in [0.1, 0.15) is 12.6 Å². The number of carbonyl (C=O) groups excluding carboxylic acids is 1. The number of thiol groups is 1. The molecular weight excluding hydrogens is 190 g/mol. The van der Waals surface area contributed by atoms with Crippen LogP contribution in [0.5, 0.6) is 0 Å². The highest BCUT2D eigenvalue weighted by Gasteiger charge is 2.12. The van der Waals surface area contributed by atoms with Gasteiger partial charge in [0.05, 0.1) is 12.7 Å². The quantitative estimate of drug-likeness (QED) is 0.371. The molecule has 0 fully saturated rings. The predicted molar refractivity (Wildman–Crippen MR) is 53.9 cm³/mol. The molecule has 0 bridgehead atoms. The largest absolute Gasteiger partial charge is 0.462 e. The first-order valence-electron chi connectivity index (χ1n) is 4.22. The fourth-order valence-corrected chi connectivity index (χ4v) is 0.757. The molecule has 0 rings (SSSR count). The molecule has 4 nitrogen and oxygen atoms in total. The van der Waals surface area contributed by atoms with Gasteiger partial charge in [-0.3, -0.25) is 4.79 Å². The van der Waals surface area contributed by atoms with Crippen molar-refractivity contribution in [3.63, 3.8) is 0 Å². The van der Waals surface area contributed by atoms with Gasteiger partial charge in [-0.25, -0.2) is 0 Å². The zero-order chi connectivity index (χ0) is 10.3. The van der Waals surface area contributed by atoms with Gasteiger partial charge in [-0.2, -0.15) is 12.6 Å². The monoisotopic (exact) mass is 207 g/mol. The Morgan fingerprint density at radius 2 is 2.08 bits per heavy atom. The molecule has 0 aromatic carbocycles. The van der Waals surface area contributed by atoms with E-state index in [1.807, 2.05) is 13.8 Å². The van der Waals surface area contributed by atoms with Crippen LogP contribution in [0.4, 0.5) is 0 Å². The number of rotatable bonds is 6. The summed E-state index contributed by atoms with van der Waals surface area (Å²) in [5, 5.41) is 0. The molecule has 0 aliphatic rings. The lowest BCUT2D eigenvalue weighted by molar-refractivity contribution is -0.146. The van der Waals surface area contributed by atoms with E-state index in [-0.39, 0.29) is 12.7 Å². The SMILES string of the molecule is CC(C)OCCOC(=O)[C@@H](N)CS. The summed E-state index contributed by atoms with van der Waals surface area (Å²) in [7, 11) is 0. The van der Waals surface area contributed by atoms with Crippen molar-refractivity contribution in [2.45, 2.75) is 26.0 Å². The summed E-state index contributed by atoms with van der Waals surface area (Å²) in [6.07, 6.45) is 0.150. The van der Waals surface area contributed by atoms with Gasteiger partial charge in [-0.1, -0.05) is 0 Å². The number of hydrogen-bond donors (Lipinski definition) is 2. The van der Waals surface area contributed by atoms with Crippen molar-refractivity contribution in [1.29, 1.82) is 0 Å².